The summed E-state index contributed by atoms with van der Waals surface area (Å²) in [5.74, 6) is 0.550. The Morgan fingerprint density at radius 2 is 2.00 bits per heavy atom. The van der Waals surface area contributed by atoms with Crippen LogP contribution in [0.3, 0.4) is 0 Å². The molecule has 1 aromatic rings. The predicted molar refractivity (Wildman–Crippen MR) is 74.3 cm³/mol. The molecule has 98 valence electrons. The van der Waals surface area contributed by atoms with Crippen molar-refractivity contribution in [1.29, 1.82) is 0 Å². The number of anilines is 1. The van der Waals surface area contributed by atoms with Crippen molar-refractivity contribution in [2.75, 3.05) is 11.4 Å². The first kappa shape index (κ1) is 13.1. The fourth-order valence-electron chi connectivity index (χ4n) is 2.28. The lowest BCUT2D eigenvalue weighted by atomic mass is 9.84. The first-order valence-electron chi connectivity index (χ1n) is 6.86. The Kier molecular flexibility index (Phi) is 4.37. The van der Waals surface area contributed by atoms with Gasteiger partial charge < -0.3 is 10.6 Å². The number of nitrogens with zero attached hydrogens (tertiary/aromatic N) is 1. The number of hydrogen-bond donors (Lipinski definition) is 1. The van der Waals surface area contributed by atoms with E-state index in [0.717, 1.165) is 37.1 Å². The Labute approximate surface area is 109 Å². The van der Waals surface area contributed by atoms with Crippen molar-refractivity contribution in [1.82, 2.24) is 0 Å². The van der Waals surface area contributed by atoms with Gasteiger partial charge in [-0.25, -0.2) is 0 Å². The maximum atomic E-state index is 12.4. The molecule has 3 nitrogen and oxygen atoms in total. The van der Waals surface area contributed by atoms with Gasteiger partial charge in [0, 0.05) is 24.7 Å². The maximum absolute atomic E-state index is 12.4. The second-order valence-electron chi connectivity index (χ2n) is 4.99. The van der Waals surface area contributed by atoms with E-state index >= 15 is 0 Å². The molecule has 0 spiro atoms. The van der Waals surface area contributed by atoms with Crippen LogP contribution in [0.25, 0.3) is 0 Å². The second kappa shape index (κ2) is 6.01. The smallest absolute Gasteiger partial charge is 0.230 e. The van der Waals surface area contributed by atoms with Gasteiger partial charge in [-0.2, -0.15) is 0 Å². The van der Waals surface area contributed by atoms with E-state index in [9.17, 15) is 4.79 Å². The summed E-state index contributed by atoms with van der Waals surface area (Å²) in [6.07, 6.45) is 4.29. The molecule has 1 aromatic carbocycles. The Balaban J connectivity index is 2.14. The lowest BCUT2D eigenvalue weighted by Gasteiger charge is -2.31. The fraction of sp³-hybridized carbons (Fsp3) is 0.533. The SMILES string of the molecule is CCCN(C(=O)C1CCC1)c1ccc(CN)cc1. The third-order valence-corrected chi connectivity index (χ3v) is 3.65. The molecule has 1 fully saturated rings. The molecule has 0 aliphatic heterocycles. The van der Waals surface area contributed by atoms with Gasteiger partial charge in [0.25, 0.3) is 0 Å². The highest BCUT2D eigenvalue weighted by atomic mass is 16.2. The van der Waals surface area contributed by atoms with E-state index in [4.69, 9.17) is 5.73 Å². The first-order chi connectivity index (χ1) is 8.76. The predicted octanol–water partition coefficient (Wildman–Crippen LogP) is 2.69. The minimum Gasteiger partial charge on any atom is -0.326 e. The Morgan fingerprint density at radius 3 is 2.44 bits per heavy atom. The molecule has 0 unspecified atom stereocenters. The van der Waals surface area contributed by atoms with Gasteiger partial charge in [0.1, 0.15) is 0 Å². The van der Waals surface area contributed by atoms with E-state index in [-0.39, 0.29) is 5.92 Å². The molecule has 0 bridgehead atoms. The summed E-state index contributed by atoms with van der Waals surface area (Å²) in [5.41, 5.74) is 7.70. The van der Waals surface area contributed by atoms with Gasteiger partial charge in [0.15, 0.2) is 0 Å². The van der Waals surface area contributed by atoms with Gasteiger partial charge in [-0.15, -0.1) is 0 Å². The van der Waals surface area contributed by atoms with Crippen molar-refractivity contribution < 1.29 is 4.79 Å². The highest BCUT2D eigenvalue weighted by molar-refractivity contribution is 5.95. The summed E-state index contributed by atoms with van der Waals surface area (Å²) in [4.78, 5) is 14.3. The van der Waals surface area contributed by atoms with Gasteiger partial charge in [-0.05, 0) is 37.0 Å². The van der Waals surface area contributed by atoms with Gasteiger partial charge >= 0.3 is 0 Å². The van der Waals surface area contributed by atoms with Crippen LogP contribution < -0.4 is 10.6 Å². The summed E-state index contributed by atoms with van der Waals surface area (Å²) in [5, 5.41) is 0. The molecular weight excluding hydrogens is 224 g/mol. The minimum absolute atomic E-state index is 0.255. The molecule has 0 radical (unpaired) electrons. The van der Waals surface area contributed by atoms with Crippen molar-refractivity contribution in [3.63, 3.8) is 0 Å². The van der Waals surface area contributed by atoms with E-state index in [1.54, 1.807) is 0 Å². The molecule has 3 heteroatoms. The van der Waals surface area contributed by atoms with Gasteiger partial charge in [0.05, 0.1) is 0 Å². The molecule has 1 aliphatic carbocycles. The van der Waals surface area contributed by atoms with Crippen LogP contribution in [0.2, 0.25) is 0 Å². The molecule has 0 heterocycles. The molecule has 1 amide bonds. The van der Waals surface area contributed by atoms with Crippen LogP contribution in [0.5, 0.6) is 0 Å². The molecule has 0 atom stereocenters. The number of nitrogens with two attached hydrogens (primary N) is 1. The quantitative estimate of drug-likeness (QED) is 0.868. The normalized spacial score (nSPS) is 15.2. The van der Waals surface area contributed by atoms with Crippen LogP contribution in [0.4, 0.5) is 5.69 Å². The third-order valence-electron chi connectivity index (χ3n) is 3.65. The summed E-state index contributed by atoms with van der Waals surface area (Å²) in [7, 11) is 0. The number of carbonyl (C=O) groups is 1. The monoisotopic (exact) mass is 246 g/mol. The standard InChI is InChI=1S/C15H22N2O/c1-2-10-17(15(18)13-4-3-5-13)14-8-6-12(11-16)7-9-14/h6-9,13H,2-5,10-11,16H2,1H3. The van der Waals surface area contributed by atoms with E-state index in [2.05, 4.69) is 6.92 Å². The summed E-state index contributed by atoms with van der Waals surface area (Å²) in [6, 6.07) is 8.03. The topological polar surface area (TPSA) is 46.3 Å². The molecule has 0 aromatic heterocycles. The zero-order valence-corrected chi connectivity index (χ0v) is 11.1. The molecule has 2 rings (SSSR count). The van der Waals surface area contributed by atoms with E-state index in [0.29, 0.717) is 12.5 Å². The van der Waals surface area contributed by atoms with Crippen LogP contribution in [0, 0.1) is 5.92 Å². The van der Waals surface area contributed by atoms with Crippen LogP contribution in [0.1, 0.15) is 38.2 Å². The maximum Gasteiger partial charge on any atom is 0.230 e. The molecule has 1 saturated carbocycles. The molecule has 18 heavy (non-hydrogen) atoms. The van der Waals surface area contributed by atoms with Crippen molar-refractivity contribution >= 4 is 11.6 Å². The second-order valence-corrected chi connectivity index (χ2v) is 4.99. The summed E-state index contributed by atoms with van der Waals surface area (Å²) >= 11 is 0. The Morgan fingerprint density at radius 1 is 1.33 bits per heavy atom. The average molecular weight is 246 g/mol. The van der Waals surface area contributed by atoms with E-state index in [1.807, 2.05) is 29.2 Å². The van der Waals surface area contributed by atoms with Crippen LogP contribution >= 0.6 is 0 Å². The summed E-state index contributed by atoms with van der Waals surface area (Å²) in [6.45, 7) is 3.46. The van der Waals surface area contributed by atoms with Gasteiger partial charge in [0.2, 0.25) is 5.91 Å². The van der Waals surface area contributed by atoms with Crippen molar-refractivity contribution in [2.24, 2.45) is 11.7 Å². The van der Waals surface area contributed by atoms with Crippen LogP contribution in [0.15, 0.2) is 24.3 Å². The van der Waals surface area contributed by atoms with Gasteiger partial charge in [-0.3, -0.25) is 4.79 Å². The van der Waals surface area contributed by atoms with Crippen LogP contribution in [-0.4, -0.2) is 12.5 Å². The highest BCUT2D eigenvalue weighted by Crippen LogP contribution is 2.30. The Hall–Kier alpha value is -1.35. The lowest BCUT2D eigenvalue weighted by Crippen LogP contribution is -2.39. The number of hydrogen-bond acceptors (Lipinski definition) is 2. The van der Waals surface area contributed by atoms with Crippen LogP contribution in [-0.2, 0) is 11.3 Å². The number of carbonyl (C=O) groups excluding carboxylic acids is 1. The molecule has 1 aliphatic rings. The zero-order chi connectivity index (χ0) is 13.0. The lowest BCUT2D eigenvalue weighted by molar-refractivity contribution is -0.124. The fourth-order valence-corrected chi connectivity index (χ4v) is 2.28. The van der Waals surface area contributed by atoms with E-state index in [1.165, 1.54) is 6.42 Å². The molecule has 0 saturated heterocycles. The first-order valence-corrected chi connectivity index (χ1v) is 6.86. The molecular formula is C15H22N2O. The number of rotatable bonds is 5. The van der Waals surface area contributed by atoms with Crippen molar-refractivity contribution in [3.05, 3.63) is 29.8 Å². The number of amides is 1. The van der Waals surface area contributed by atoms with Crippen molar-refractivity contribution in [2.45, 2.75) is 39.2 Å². The Bertz CT molecular complexity index is 395. The van der Waals surface area contributed by atoms with Crippen molar-refractivity contribution in [3.8, 4) is 0 Å². The average Bonchev–Trinajstić information content (AvgIpc) is 2.34. The van der Waals surface area contributed by atoms with E-state index < -0.39 is 0 Å². The zero-order valence-electron chi connectivity index (χ0n) is 11.1. The molecule has 2 N–H and O–H groups in total. The van der Waals surface area contributed by atoms with Gasteiger partial charge in [-0.1, -0.05) is 25.5 Å². The minimum atomic E-state index is 0.255. The highest BCUT2D eigenvalue weighted by Gasteiger charge is 2.29. The largest absolute Gasteiger partial charge is 0.326 e. The third kappa shape index (κ3) is 2.72. The number of benzene rings is 1. The summed E-state index contributed by atoms with van der Waals surface area (Å²) < 4.78 is 0.